The van der Waals surface area contributed by atoms with Crippen LogP contribution in [0.1, 0.15) is 38.9 Å². The van der Waals surface area contributed by atoms with Gasteiger partial charge in [-0.2, -0.15) is 0 Å². The molecule has 1 aromatic heterocycles. The fourth-order valence-corrected chi connectivity index (χ4v) is 3.51. The Balaban J connectivity index is 1.61. The van der Waals surface area contributed by atoms with E-state index in [1.54, 1.807) is 6.33 Å². The topological polar surface area (TPSA) is 51.0 Å². The van der Waals surface area contributed by atoms with Crippen LogP contribution in [0.4, 0.5) is 0 Å². The minimum absolute atomic E-state index is 0.227. The molecule has 2 atom stereocenters. The van der Waals surface area contributed by atoms with Crippen molar-refractivity contribution in [3.05, 3.63) is 12.2 Å². The van der Waals surface area contributed by atoms with Crippen molar-refractivity contribution in [2.75, 3.05) is 13.1 Å². The molecule has 0 amide bonds. The number of Topliss-reactive ketones (excluding diaryl/α,β-unsaturated/α-hetero) is 1. The third-order valence-electron chi connectivity index (χ3n) is 4.94. The van der Waals surface area contributed by atoms with Crippen LogP contribution < -0.4 is 0 Å². The number of ketones is 1. The summed E-state index contributed by atoms with van der Waals surface area (Å²) in [6.45, 7) is 8.23. The molecule has 110 valence electrons. The van der Waals surface area contributed by atoms with Gasteiger partial charge in [-0.25, -0.2) is 0 Å². The molecule has 2 heterocycles. The summed E-state index contributed by atoms with van der Waals surface area (Å²) in [5, 5.41) is 8.10. The van der Waals surface area contributed by atoms with Gasteiger partial charge in [0.2, 0.25) is 0 Å². The number of carbonyl (C=O) groups excluding carboxylic acids is 1. The standard InChI is InChI=1S/C15H24N4O/c1-11(2)12-3-4-14(20)13(7-12)8-18-5-6-19-10-16-17-15(19)9-18/h10-13H,3-9H2,1-2H3. The highest BCUT2D eigenvalue weighted by Gasteiger charge is 2.32. The van der Waals surface area contributed by atoms with Gasteiger partial charge in [0.1, 0.15) is 17.9 Å². The Morgan fingerprint density at radius 3 is 3.05 bits per heavy atom. The maximum Gasteiger partial charge on any atom is 0.147 e. The van der Waals surface area contributed by atoms with E-state index in [0.29, 0.717) is 17.6 Å². The molecule has 1 aliphatic carbocycles. The van der Waals surface area contributed by atoms with Crippen LogP contribution in [0.5, 0.6) is 0 Å². The Morgan fingerprint density at radius 1 is 1.40 bits per heavy atom. The summed E-state index contributed by atoms with van der Waals surface area (Å²) in [6.07, 6.45) is 4.73. The van der Waals surface area contributed by atoms with Gasteiger partial charge in [0.15, 0.2) is 0 Å². The Labute approximate surface area is 120 Å². The quantitative estimate of drug-likeness (QED) is 0.844. The van der Waals surface area contributed by atoms with Gasteiger partial charge in [-0.1, -0.05) is 13.8 Å². The number of carbonyl (C=O) groups is 1. The molecule has 1 saturated carbocycles. The zero-order valence-corrected chi connectivity index (χ0v) is 12.5. The SMILES string of the molecule is CC(C)C1CCC(=O)C(CN2CCn3cnnc3C2)C1. The van der Waals surface area contributed by atoms with Crippen LogP contribution in [-0.4, -0.2) is 38.5 Å². The van der Waals surface area contributed by atoms with Gasteiger partial charge in [0.25, 0.3) is 0 Å². The lowest BCUT2D eigenvalue weighted by atomic mass is 9.75. The molecule has 0 spiro atoms. The van der Waals surface area contributed by atoms with Gasteiger partial charge in [0, 0.05) is 32.0 Å². The summed E-state index contributed by atoms with van der Waals surface area (Å²) in [6, 6.07) is 0. The van der Waals surface area contributed by atoms with Crippen LogP contribution in [-0.2, 0) is 17.9 Å². The molecule has 2 unspecified atom stereocenters. The van der Waals surface area contributed by atoms with Gasteiger partial charge >= 0.3 is 0 Å². The summed E-state index contributed by atoms with van der Waals surface area (Å²) in [5.41, 5.74) is 0. The normalized spacial score (nSPS) is 27.9. The van der Waals surface area contributed by atoms with Crippen molar-refractivity contribution in [1.29, 1.82) is 0 Å². The Morgan fingerprint density at radius 2 is 2.25 bits per heavy atom. The van der Waals surface area contributed by atoms with E-state index in [9.17, 15) is 4.79 Å². The fourth-order valence-electron chi connectivity index (χ4n) is 3.51. The molecule has 0 bridgehead atoms. The molecule has 2 aliphatic rings. The van der Waals surface area contributed by atoms with E-state index in [2.05, 4.69) is 33.5 Å². The van der Waals surface area contributed by atoms with E-state index in [1.165, 1.54) is 0 Å². The van der Waals surface area contributed by atoms with Crippen LogP contribution in [0.25, 0.3) is 0 Å². The van der Waals surface area contributed by atoms with Crippen LogP contribution in [0.15, 0.2) is 6.33 Å². The van der Waals surface area contributed by atoms with Gasteiger partial charge < -0.3 is 4.57 Å². The minimum Gasteiger partial charge on any atom is -0.315 e. The van der Waals surface area contributed by atoms with Gasteiger partial charge in [-0.15, -0.1) is 10.2 Å². The highest BCUT2D eigenvalue weighted by Crippen LogP contribution is 2.32. The summed E-state index contributed by atoms with van der Waals surface area (Å²) in [4.78, 5) is 14.5. The lowest BCUT2D eigenvalue weighted by Gasteiger charge is -2.35. The molecule has 1 aliphatic heterocycles. The predicted molar refractivity (Wildman–Crippen MR) is 76.0 cm³/mol. The van der Waals surface area contributed by atoms with Gasteiger partial charge in [-0.05, 0) is 24.7 Å². The van der Waals surface area contributed by atoms with E-state index in [4.69, 9.17) is 0 Å². The summed E-state index contributed by atoms with van der Waals surface area (Å²) in [7, 11) is 0. The molecule has 5 heteroatoms. The maximum atomic E-state index is 12.2. The molecule has 0 N–H and O–H groups in total. The second kappa shape index (κ2) is 5.64. The van der Waals surface area contributed by atoms with Crippen LogP contribution in [0.3, 0.4) is 0 Å². The summed E-state index contributed by atoms with van der Waals surface area (Å²) < 4.78 is 2.11. The fraction of sp³-hybridized carbons (Fsp3) is 0.800. The van der Waals surface area contributed by atoms with E-state index < -0.39 is 0 Å². The number of aromatic nitrogens is 3. The van der Waals surface area contributed by atoms with E-state index in [1.807, 2.05) is 0 Å². The van der Waals surface area contributed by atoms with Crippen molar-refractivity contribution >= 4 is 5.78 Å². The molecular formula is C15H24N4O. The van der Waals surface area contributed by atoms with E-state index in [-0.39, 0.29) is 5.92 Å². The summed E-state index contributed by atoms with van der Waals surface area (Å²) in [5.74, 6) is 3.13. The van der Waals surface area contributed by atoms with Crippen molar-refractivity contribution in [3.8, 4) is 0 Å². The second-order valence-electron chi connectivity index (χ2n) is 6.62. The van der Waals surface area contributed by atoms with Crippen molar-refractivity contribution in [2.45, 2.75) is 46.2 Å². The Hall–Kier alpha value is -1.23. The molecule has 0 saturated heterocycles. The van der Waals surface area contributed by atoms with Crippen molar-refractivity contribution in [2.24, 2.45) is 17.8 Å². The molecule has 1 fully saturated rings. The summed E-state index contributed by atoms with van der Waals surface area (Å²) >= 11 is 0. The first-order valence-electron chi connectivity index (χ1n) is 7.75. The number of rotatable bonds is 3. The van der Waals surface area contributed by atoms with Crippen molar-refractivity contribution in [1.82, 2.24) is 19.7 Å². The molecular weight excluding hydrogens is 252 g/mol. The first kappa shape index (κ1) is 13.7. The monoisotopic (exact) mass is 276 g/mol. The molecule has 1 aromatic rings. The third-order valence-corrected chi connectivity index (χ3v) is 4.94. The van der Waals surface area contributed by atoms with Crippen molar-refractivity contribution < 1.29 is 4.79 Å². The molecule has 5 nitrogen and oxygen atoms in total. The largest absolute Gasteiger partial charge is 0.315 e. The smallest absolute Gasteiger partial charge is 0.147 e. The average molecular weight is 276 g/mol. The molecule has 20 heavy (non-hydrogen) atoms. The minimum atomic E-state index is 0.227. The first-order valence-corrected chi connectivity index (χ1v) is 7.75. The molecule has 0 aromatic carbocycles. The lowest BCUT2D eigenvalue weighted by Crippen LogP contribution is -2.41. The third kappa shape index (κ3) is 2.77. The lowest BCUT2D eigenvalue weighted by molar-refractivity contribution is -0.126. The number of nitrogens with zero attached hydrogens (tertiary/aromatic N) is 4. The maximum absolute atomic E-state index is 12.2. The highest BCUT2D eigenvalue weighted by atomic mass is 16.1. The first-order chi connectivity index (χ1) is 9.63. The van der Waals surface area contributed by atoms with Gasteiger partial charge in [-0.3, -0.25) is 9.69 Å². The molecule has 0 radical (unpaired) electrons. The predicted octanol–water partition coefficient (Wildman–Crippen LogP) is 1.74. The number of hydrogen-bond donors (Lipinski definition) is 0. The van der Waals surface area contributed by atoms with E-state index in [0.717, 1.165) is 51.3 Å². The van der Waals surface area contributed by atoms with Crippen molar-refractivity contribution in [3.63, 3.8) is 0 Å². The number of fused-ring (bicyclic) bond motifs is 1. The molecule has 3 rings (SSSR count). The van der Waals surface area contributed by atoms with E-state index >= 15 is 0 Å². The van der Waals surface area contributed by atoms with Crippen LogP contribution in [0, 0.1) is 17.8 Å². The second-order valence-corrected chi connectivity index (χ2v) is 6.62. The number of hydrogen-bond acceptors (Lipinski definition) is 4. The Kier molecular flexibility index (Phi) is 3.87. The zero-order valence-electron chi connectivity index (χ0n) is 12.5. The van der Waals surface area contributed by atoms with Gasteiger partial charge in [0.05, 0.1) is 6.54 Å². The van der Waals surface area contributed by atoms with Crippen LogP contribution >= 0.6 is 0 Å². The highest BCUT2D eigenvalue weighted by molar-refractivity contribution is 5.82. The zero-order chi connectivity index (χ0) is 14.1. The van der Waals surface area contributed by atoms with Crippen LogP contribution in [0.2, 0.25) is 0 Å². The Bertz CT molecular complexity index is 482. The average Bonchev–Trinajstić information content (AvgIpc) is 2.88.